The van der Waals surface area contributed by atoms with Gasteiger partial charge >= 0.3 is 0 Å². The molecule has 7 heteroatoms. The van der Waals surface area contributed by atoms with Crippen LogP contribution in [-0.4, -0.2) is 19.7 Å². The Balaban J connectivity index is 1.47. The predicted octanol–water partition coefficient (Wildman–Crippen LogP) is 6.95. The third kappa shape index (κ3) is 5.72. The summed E-state index contributed by atoms with van der Waals surface area (Å²) in [6.45, 7) is 12.8. The number of thiazole rings is 1. The van der Waals surface area contributed by atoms with E-state index in [1.54, 1.807) is 23.1 Å². The van der Waals surface area contributed by atoms with Crippen LogP contribution in [0.1, 0.15) is 41.2 Å². The molecule has 0 aliphatic rings. The highest BCUT2D eigenvalue weighted by Crippen LogP contribution is 2.30. The van der Waals surface area contributed by atoms with E-state index in [4.69, 9.17) is 9.72 Å². The first kappa shape index (κ1) is 23.3. The summed E-state index contributed by atoms with van der Waals surface area (Å²) >= 11 is 3.30. The first-order valence-electron chi connectivity index (χ1n) is 10.9. The highest BCUT2D eigenvalue weighted by molar-refractivity contribution is 7.98. The van der Waals surface area contributed by atoms with Gasteiger partial charge < -0.3 is 4.74 Å². The van der Waals surface area contributed by atoms with Crippen molar-refractivity contribution in [3.05, 3.63) is 88.7 Å². The zero-order chi connectivity index (χ0) is 23.4. The van der Waals surface area contributed by atoms with Gasteiger partial charge in [-0.3, -0.25) is 4.57 Å². The van der Waals surface area contributed by atoms with Crippen molar-refractivity contribution in [1.29, 1.82) is 0 Å². The summed E-state index contributed by atoms with van der Waals surface area (Å²) in [7, 11) is 0. The molecule has 1 unspecified atom stereocenters. The van der Waals surface area contributed by atoms with Gasteiger partial charge in [-0.25, -0.2) is 4.98 Å². The number of rotatable bonds is 9. The molecule has 4 aromatic rings. The van der Waals surface area contributed by atoms with Crippen LogP contribution in [0.3, 0.4) is 0 Å². The second-order valence-corrected chi connectivity index (χ2v) is 9.92. The van der Waals surface area contributed by atoms with Crippen molar-refractivity contribution >= 4 is 23.1 Å². The Morgan fingerprint density at radius 1 is 1.06 bits per heavy atom. The van der Waals surface area contributed by atoms with Crippen LogP contribution in [0.15, 0.2) is 65.7 Å². The Morgan fingerprint density at radius 2 is 1.79 bits per heavy atom. The quantitative estimate of drug-likeness (QED) is 0.193. The predicted molar refractivity (Wildman–Crippen MR) is 137 cm³/mol. The zero-order valence-corrected chi connectivity index (χ0v) is 21.0. The Bertz CT molecular complexity index is 1220. The Morgan fingerprint density at radius 3 is 2.48 bits per heavy atom. The van der Waals surface area contributed by atoms with E-state index in [2.05, 4.69) is 77.8 Å². The van der Waals surface area contributed by atoms with Crippen molar-refractivity contribution in [3.8, 4) is 16.3 Å². The highest BCUT2D eigenvalue weighted by Gasteiger charge is 2.19. The molecule has 0 amide bonds. The molecule has 0 spiro atoms. The number of hydrogen-bond acceptors (Lipinski definition) is 6. The van der Waals surface area contributed by atoms with Crippen molar-refractivity contribution in [2.45, 2.75) is 51.3 Å². The van der Waals surface area contributed by atoms with Gasteiger partial charge in [-0.05, 0) is 51.0 Å². The van der Waals surface area contributed by atoms with Gasteiger partial charge in [0, 0.05) is 23.2 Å². The molecular weight excluding hydrogens is 448 g/mol. The van der Waals surface area contributed by atoms with Crippen molar-refractivity contribution in [2.75, 3.05) is 0 Å². The number of aryl methyl sites for hydroxylation is 3. The molecule has 0 fully saturated rings. The third-order valence-corrected chi connectivity index (χ3v) is 7.07. The number of nitrogens with zero attached hydrogens (tertiary/aromatic N) is 4. The smallest absolute Gasteiger partial charge is 0.192 e. The van der Waals surface area contributed by atoms with Crippen LogP contribution in [0.25, 0.3) is 10.6 Å². The highest BCUT2D eigenvalue weighted by atomic mass is 32.2. The monoisotopic (exact) mass is 476 g/mol. The number of allylic oxidation sites excluding steroid dienone is 1. The topological polar surface area (TPSA) is 52.8 Å². The average Bonchev–Trinajstić information content (AvgIpc) is 3.39. The van der Waals surface area contributed by atoms with Crippen molar-refractivity contribution in [2.24, 2.45) is 0 Å². The summed E-state index contributed by atoms with van der Waals surface area (Å²) in [4.78, 5) is 4.81. The molecule has 0 saturated carbocycles. The molecule has 0 aliphatic heterocycles. The molecule has 0 aliphatic carbocycles. The van der Waals surface area contributed by atoms with Gasteiger partial charge in [0.25, 0.3) is 0 Å². The molecule has 0 bridgehead atoms. The fourth-order valence-electron chi connectivity index (χ4n) is 3.61. The molecule has 0 saturated heterocycles. The summed E-state index contributed by atoms with van der Waals surface area (Å²) in [5.41, 5.74) is 5.79. The van der Waals surface area contributed by atoms with Gasteiger partial charge in [0.05, 0.1) is 5.69 Å². The van der Waals surface area contributed by atoms with Gasteiger partial charge in [-0.2, -0.15) is 0 Å². The normalized spacial score (nSPS) is 12.0. The van der Waals surface area contributed by atoms with Crippen LogP contribution < -0.4 is 4.74 Å². The van der Waals surface area contributed by atoms with E-state index in [1.807, 2.05) is 25.1 Å². The molecule has 5 nitrogen and oxygen atoms in total. The summed E-state index contributed by atoms with van der Waals surface area (Å²) in [6, 6.07) is 14.7. The molecule has 2 aromatic heterocycles. The second kappa shape index (κ2) is 10.4. The molecule has 2 aromatic carbocycles. The van der Waals surface area contributed by atoms with Crippen LogP contribution in [0.4, 0.5) is 0 Å². The molecule has 0 radical (unpaired) electrons. The Hall–Kier alpha value is -2.90. The fourth-order valence-corrected chi connectivity index (χ4v) is 5.39. The van der Waals surface area contributed by atoms with Gasteiger partial charge in [0.1, 0.15) is 10.8 Å². The van der Waals surface area contributed by atoms with E-state index in [-0.39, 0.29) is 6.10 Å². The lowest BCUT2D eigenvalue weighted by molar-refractivity contribution is 0.210. The molecule has 4 rings (SSSR count). The van der Waals surface area contributed by atoms with Crippen LogP contribution in [-0.2, 0) is 12.3 Å². The van der Waals surface area contributed by atoms with Crippen molar-refractivity contribution in [1.82, 2.24) is 19.7 Å². The maximum absolute atomic E-state index is 6.21. The maximum atomic E-state index is 6.21. The molecule has 0 N–H and O–H groups in total. The molecular formula is C26H28N4OS2. The molecule has 2 heterocycles. The number of hydrogen-bond donors (Lipinski definition) is 0. The first-order chi connectivity index (χ1) is 15.9. The standard InChI is InChI=1S/C26H28N4OS2/c1-6-11-30-24(20(5)31-23-13-18(3)12-19(4)14-23)28-29-26(30)33-16-22-15-32-25(27-22)21-9-7-17(2)8-10-21/h6-10,12-15,20H,1,11,16H2,2-5H3. The summed E-state index contributed by atoms with van der Waals surface area (Å²) < 4.78 is 8.28. The van der Waals surface area contributed by atoms with E-state index in [9.17, 15) is 0 Å². The van der Waals surface area contributed by atoms with Gasteiger partial charge in [0.2, 0.25) is 0 Å². The van der Waals surface area contributed by atoms with E-state index in [0.717, 1.165) is 38.7 Å². The molecule has 1 atom stereocenters. The maximum Gasteiger partial charge on any atom is 0.192 e. The number of thioether (sulfide) groups is 1. The lowest BCUT2D eigenvalue weighted by Gasteiger charge is -2.16. The van der Waals surface area contributed by atoms with Crippen LogP contribution in [0.5, 0.6) is 5.75 Å². The minimum atomic E-state index is -0.236. The fraction of sp³-hybridized carbons (Fsp3) is 0.269. The zero-order valence-electron chi connectivity index (χ0n) is 19.4. The average molecular weight is 477 g/mol. The molecule has 170 valence electrons. The number of aromatic nitrogens is 4. The summed E-state index contributed by atoms with van der Waals surface area (Å²) in [6.07, 6.45) is 1.62. The van der Waals surface area contributed by atoms with E-state index >= 15 is 0 Å². The number of ether oxygens (including phenoxy) is 1. The minimum absolute atomic E-state index is 0.236. The third-order valence-electron chi connectivity index (χ3n) is 5.13. The van der Waals surface area contributed by atoms with Crippen molar-refractivity contribution < 1.29 is 4.74 Å². The van der Waals surface area contributed by atoms with Crippen LogP contribution in [0.2, 0.25) is 0 Å². The van der Waals surface area contributed by atoms with Crippen LogP contribution in [0, 0.1) is 20.8 Å². The van der Waals surface area contributed by atoms with Gasteiger partial charge in [-0.15, -0.1) is 28.1 Å². The van der Waals surface area contributed by atoms with E-state index in [0.29, 0.717) is 6.54 Å². The van der Waals surface area contributed by atoms with E-state index < -0.39 is 0 Å². The Kier molecular flexibility index (Phi) is 7.30. The molecule has 33 heavy (non-hydrogen) atoms. The largest absolute Gasteiger partial charge is 0.483 e. The Labute approximate surface area is 203 Å². The minimum Gasteiger partial charge on any atom is -0.483 e. The lowest BCUT2D eigenvalue weighted by Crippen LogP contribution is -2.12. The van der Waals surface area contributed by atoms with Gasteiger partial charge in [0.15, 0.2) is 17.1 Å². The lowest BCUT2D eigenvalue weighted by atomic mass is 10.1. The summed E-state index contributed by atoms with van der Waals surface area (Å²) in [5.74, 6) is 2.35. The van der Waals surface area contributed by atoms with Crippen LogP contribution >= 0.6 is 23.1 Å². The van der Waals surface area contributed by atoms with E-state index in [1.165, 1.54) is 16.7 Å². The second-order valence-electron chi connectivity index (χ2n) is 8.12. The van der Waals surface area contributed by atoms with Gasteiger partial charge in [-0.1, -0.05) is 53.7 Å². The number of benzene rings is 2. The first-order valence-corrected chi connectivity index (χ1v) is 12.7. The van der Waals surface area contributed by atoms with Crippen molar-refractivity contribution in [3.63, 3.8) is 0 Å². The summed E-state index contributed by atoms with van der Waals surface area (Å²) in [5, 5.41) is 12.9. The SMILES string of the molecule is C=CCn1c(SCc2csc(-c3ccc(C)cc3)n2)nnc1C(C)Oc1cc(C)cc(C)c1.